The summed E-state index contributed by atoms with van der Waals surface area (Å²) in [5.41, 5.74) is 0.435. The van der Waals surface area contributed by atoms with Crippen molar-refractivity contribution in [2.75, 3.05) is 23.8 Å². The molecular weight excluding hydrogens is 297 g/mol. The van der Waals surface area contributed by atoms with Gasteiger partial charge in [0.25, 0.3) is 5.91 Å². The van der Waals surface area contributed by atoms with Crippen molar-refractivity contribution in [1.29, 1.82) is 0 Å². The van der Waals surface area contributed by atoms with Gasteiger partial charge in [-0.05, 0) is 18.6 Å². The van der Waals surface area contributed by atoms with Gasteiger partial charge in [0.05, 0.1) is 11.4 Å². The first-order chi connectivity index (χ1) is 8.87. The maximum atomic E-state index is 13.0. The second kappa shape index (κ2) is 5.34. The number of hydrogen-bond donors (Lipinski definition) is 0. The van der Waals surface area contributed by atoms with Gasteiger partial charge in [0.15, 0.2) is 6.61 Å². The van der Waals surface area contributed by atoms with Crippen LogP contribution < -0.4 is 9.64 Å². The molecule has 1 aliphatic rings. The zero-order valence-electron chi connectivity index (χ0n) is 9.80. The second-order valence-corrected chi connectivity index (χ2v) is 6.94. The Morgan fingerprint density at radius 1 is 1.42 bits per heavy atom. The molecule has 0 aromatic heterocycles. The van der Waals surface area contributed by atoms with Crippen LogP contribution in [0.1, 0.15) is 6.42 Å². The molecule has 1 aromatic rings. The smallest absolute Gasteiger partial charge is 0.265 e. The van der Waals surface area contributed by atoms with Crippen LogP contribution in [0.15, 0.2) is 18.2 Å². The predicted octanol–water partition coefficient (Wildman–Crippen LogP) is 1.51. The standard InChI is InChI=1S/C11H11ClFNO4S/c12-19(16,17)5-1-4-14-9-3-2-8(13)6-10(9)18-7-11(14)15/h2-3,6H,1,4-5,7H2. The number of benzene rings is 1. The van der Waals surface area contributed by atoms with Gasteiger partial charge in [-0.15, -0.1) is 0 Å². The highest BCUT2D eigenvalue weighted by atomic mass is 35.7. The Labute approximate surface area is 114 Å². The number of hydrogen-bond acceptors (Lipinski definition) is 4. The van der Waals surface area contributed by atoms with E-state index in [0.29, 0.717) is 5.69 Å². The quantitative estimate of drug-likeness (QED) is 0.791. The van der Waals surface area contributed by atoms with E-state index in [4.69, 9.17) is 15.4 Å². The molecule has 0 saturated carbocycles. The predicted molar refractivity (Wildman–Crippen MR) is 68.5 cm³/mol. The summed E-state index contributed by atoms with van der Waals surface area (Å²) in [7, 11) is 1.52. The van der Waals surface area contributed by atoms with Gasteiger partial charge in [0.1, 0.15) is 11.6 Å². The van der Waals surface area contributed by atoms with Crippen molar-refractivity contribution in [3.63, 3.8) is 0 Å². The van der Waals surface area contributed by atoms with Crippen LogP contribution in [0.4, 0.5) is 10.1 Å². The van der Waals surface area contributed by atoms with E-state index >= 15 is 0 Å². The normalized spacial score (nSPS) is 15.1. The van der Waals surface area contributed by atoms with Crippen molar-refractivity contribution in [2.24, 2.45) is 0 Å². The molecule has 1 aromatic carbocycles. The Balaban J connectivity index is 2.14. The van der Waals surface area contributed by atoms with Gasteiger partial charge >= 0.3 is 0 Å². The minimum atomic E-state index is -3.58. The van der Waals surface area contributed by atoms with Crippen LogP contribution in [0.3, 0.4) is 0 Å². The Morgan fingerprint density at radius 3 is 2.84 bits per heavy atom. The molecule has 2 rings (SSSR count). The van der Waals surface area contributed by atoms with Crippen molar-refractivity contribution in [3.05, 3.63) is 24.0 Å². The minimum Gasteiger partial charge on any atom is -0.481 e. The van der Waals surface area contributed by atoms with Crippen LogP contribution in [-0.2, 0) is 13.8 Å². The molecule has 0 N–H and O–H groups in total. The highest BCUT2D eigenvalue weighted by Gasteiger charge is 2.25. The number of halogens is 2. The average molecular weight is 308 g/mol. The molecule has 104 valence electrons. The second-order valence-electron chi connectivity index (χ2n) is 4.04. The monoisotopic (exact) mass is 307 g/mol. The number of carbonyl (C=O) groups is 1. The fourth-order valence-corrected chi connectivity index (χ4v) is 2.62. The third-order valence-electron chi connectivity index (χ3n) is 2.63. The zero-order valence-corrected chi connectivity index (χ0v) is 11.4. The van der Waals surface area contributed by atoms with Crippen LogP contribution >= 0.6 is 10.7 Å². The summed E-state index contributed by atoms with van der Waals surface area (Å²) in [5.74, 6) is -0.716. The first-order valence-corrected chi connectivity index (χ1v) is 8.00. The number of nitrogens with zero attached hydrogens (tertiary/aromatic N) is 1. The van der Waals surface area contributed by atoms with Gasteiger partial charge in [0, 0.05) is 23.3 Å². The average Bonchev–Trinajstić information content (AvgIpc) is 2.30. The summed E-state index contributed by atoms with van der Waals surface area (Å²) in [6.45, 7) is -0.00312. The molecule has 0 fully saturated rings. The van der Waals surface area contributed by atoms with Crippen LogP contribution in [0.2, 0.25) is 0 Å². The highest BCUT2D eigenvalue weighted by molar-refractivity contribution is 8.13. The molecule has 1 aliphatic heterocycles. The van der Waals surface area contributed by atoms with Gasteiger partial charge in [0.2, 0.25) is 9.05 Å². The van der Waals surface area contributed by atoms with Gasteiger partial charge in [-0.25, -0.2) is 12.8 Å². The number of rotatable bonds is 4. The third-order valence-corrected chi connectivity index (χ3v) is 3.87. The van der Waals surface area contributed by atoms with Gasteiger partial charge in [-0.2, -0.15) is 0 Å². The Kier molecular flexibility index (Phi) is 3.96. The zero-order chi connectivity index (χ0) is 14.0. The molecule has 0 unspecified atom stereocenters. The highest BCUT2D eigenvalue weighted by Crippen LogP contribution is 2.32. The van der Waals surface area contributed by atoms with Crippen LogP contribution in [0.5, 0.6) is 5.75 Å². The fraction of sp³-hybridized carbons (Fsp3) is 0.364. The number of anilines is 1. The van der Waals surface area contributed by atoms with Crippen molar-refractivity contribution < 1.29 is 22.3 Å². The molecule has 5 nitrogen and oxygen atoms in total. The summed E-state index contributed by atoms with van der Waals surface area (Å²) in [6, 6.07) is 3.83. The third kappa shape index (κ3) is 3.57. The molecule has 1 heterocycles. The van der Waals surface area contributed by atoms with E-state index in [0.717, 1.165) is 0 Å². The molecule has 8 heteroatoms. The molecule has 0 atom stereocenters. The van der Waals surface area contributed by atoms with Crippen molar-refractivity contribution in [2.45, 2.75) is 6.42 Å². The van der Waals surface area contributed by atoms with Crippen molar-refractivity contribution in [3.8, 4) is 5.75 Å². The van der Waals surface area contributed by atoms with Gasteiger partial charge in [-0.3, -0.25) is 4.79 Å². The summed E-state index contributed by atoms with van der Waals surface area (Å²) in [5, 5.41) is 0. The largest absolute Gasteiger partial charge is 0.481 e. The number of ether oxygens (including phenoxy) is 1. The van der Waals surface area contributed by atoms with E-state index in [1.807, 2.05) is 0 Å². The summed E-state index contributed by atoms with van der Waals surface area (Å²) in [6.07, 6.45) is 0.203. The number of amides is 1. The fourth-order valence-electron chi connectivity index (χ4n) is 1.82. The minimum absolute atomic E-state index is 0.187. The van der Waals surface area contributed by atoms with E-state index in [1.165, 1.54) is 23.1 Å². The van der Waals surface area contributed by atoms with E-state index in [-0.39, 0.29) is 37.0 Å². The maximum Gasteiger partial charge on any atom is 0.265 e. The van der Waals surface area contributed by atoms with Crippen molar-refractivity contribution in [1.82, 2.24) is 0 Å². The van der Waals surface area contributed by atoms with Gasteiger partial charge < -0.3 is 9.64 Å². The lowest BCUT2D eigenvalue weighted by molar-refractivity contribution is -0.121. The first kappa shape index (κ1) is 14.1. The lowest BCUT2D eigenvalue weighted by Gasteiger charge is -2.29. The molecule has 0 saturated heterocycles. The first-order valence-electron chi connectivity index (χ1n) is 5.52. The molecule has 0 radical (unpaired) electrons. The lowest BCUT2D eigenvalue weighted by Crippen LogP contribution is -2.39. The topological polar surface area (TPSA) is 63.7 Å². The summed E-state index contributed by atoms with van der Waals surface area (Å²) in [4.78, 5) is 13.1. The van der Waals surface area contributed by atoms with E-state index < -0.39 is 14.9 Å². The lowest BCUT2D eigenvalue weighted by atomic mass is 10.2. The summed E-state index contributed by atoms with van der Waals surface area (Å²) >= 11 is 0. The Morgan fingerprint density at radius 2 is 2.16 bits per heavy atom. The van der Waals surface area contributed by atoms with Gasteiger partial charge in [-0.1, -0.05) is 0 Å². The molecule has 0 aliphatic carbocycles. The molecule has 0 spiro atoms. The Hall–Kier alpha value is -1.34. The maximum absolute atomic E-state index is 13.0. The SMILES string of the molecule is O=C1COc2cc(F)ccc2N1CCCS(=O)(=O)Cl. The Bertz CT molecular complexity index is 605. The van der Waals surface area contributed by atoms with Crippen molar-refractivity contribution >= 4 is 31.3 Å². The van der Waals surface area contributed by atoms with E-state index in [2.05, 4.69) is 0 Å². The number of fused-ring (bicyclic) bond motifs is 1. The summed E-state index contributed by atoms with van der Waals surface area (Å²) < 4.78 is 39.8. The van der Waals surface area contributed by atoms with E-state index in [9.17, 15) is 17.6 Å². The number of carbonyl (C=O) groups excluding carboxylic acids is 1. The molecule has 19 heavy (non-hydrogen) atoms. The van der Waals surface area contributed by atoms with Crippen LogP contribution in [-0.4, -0.2) is 33.2 Å². The van der Waals surface area contributed by atoms with E-state index in [1.54, 1.807) is 0 Å². The molecule has 0 bridgehead atoms. The molecule has 1 amide bonds. The van der Waals surface area contributed by atoms with Crippen LogP contribution in [0, 0.1) is 5.82 Å². The van der Waals surface area contributed by atoms with Crippen LogP contribution in [0.25, 0.3) is 0 Å². The molecular formula is C11H11ClFNO4S.